The van der Waals surface area contributed by atoms with Gasteiger partial charge < -0.3 is 10.6 Å². The van der Waals surface area contributed by atoms with E-state index >= 15 is 0 Å². The molecule has 3 aromatic carbocycles. The number of non-ortho nitro benzene ring substituents is 1. The van der Waals surface area contributed by atoms with Crippen LogP contribution in [0.5, 0.6) is 0 Å². The Morgan fingerprint density at radius 1 is 0.966 bits per heavy atom. The lowest BCUT2D eigenvalue weighted by Gasteiger charge is -2.18. The van der Waals surface area contributed by atoms with Crippen LogP contribution in [0.3, 0.4) is 0 Å². The van der Waals surface area contributed by atoms with Crippen LogP contribution in [-0.4, -0.2) is 15.9 Å². The zero-order valence-corrected chi connectivity index (χ0v) is 15.9. The first-order valence-electron chi connectivity index (χ1n) is 8.61. The zero-order valence-electron chi connectivity index (χ0n) is 15.0. The van der Waals surface area contributed by atoms with Gasteiger partial charge in [0.2, 0.25) is 5.91 Å². The monoisotopic (exact) mass is 409 g/mol. The molecule has 0 aliphatic rings. The Balaban J connectivity index is 1.81. The standard InChI is InChI=1S/C21H16FN3O3S/c22-17-12-11-16(25(27)28)13-18(17)23-21(29)24-20(26)19(14-7-3-1-4-8-14)15-9-5-2-6-10-15/h1-13,19H,(H2,23,24,26,29). The summed E-state index contributed by atoms with van der Waals surface area (Å²) in [4.78, 5) is 23.2. The zero-order chi connectivity index (χ0) is 20.8. The van der Waals surface area contributed by atoms with Gasteiger partial charge in [0.1, 0.15) is 5.82 Å². The van der Waals surface area contributed by atoms with E-state index < -0.39 is 22.6 Å². The van der Waals surface area contributed by atoms with Gasteiger partial charge in [-0.05, 0) is 29.4 Å². The minimum absolute atomic E-state index is 0.161. The van der Waals surface area contributed by atoms with Gasteiger partial charge in [-0.1, -0.05) is 60.7 Å². The lowest BCUT2D eigenvalue weighted by atomic mass is 9.90. The maximum Gasteiger partial charge on any atom is 0.271 e. The topological polar surface area (TPSA) is 84.3 Å². The van der Waals surface area contributed by atoms with E-state index in [9.17, 15) is 19.3 Å². The van der Waals surface area contributed by atoms with Crippen molar-refractivity contribution in [1.82, 2.24) is 5.32 Å². The molecule has 146 valence electrons. The van der Waals surface area contributed by atoms with Crippen molar-refractivity contribution in [3.05, 3.63) is 106 Å². The summed E-state index contributed by atoms with van der Waals surface area (Å²) in [5.41, 5.74) is 1.04. The summed E-state index contributed by atoms with van der Waals surface area (Å²) < 4.78 is 14.0. The molecule has 1 amide bonds. The molecule has 29 heavy (non-hydrogen) atoms. The number of nitrogens with one attached hydrogen (secondary N) is 2. The van der Waals surface area contributed by atoms with E-state index in [1.165, 1.54) is 0 Å². The van der Waals surface area contributed by atoms with Gasteiger partial charge >= 0.3 is 0 Å². The van der Waals surface area contributed by atoms with Crippen LogP contribution in [0.4, 0.5) is 15.8 Å². The van der Waals surface area contributed by atoms with Crippen LogP contribution < -0.4 is 10.6 Å². The number of hydrogen-bond acceptors (Lipinski definition) is 4. The van der Waals surface area contributed by atoms with Gasteiger partial charge in [-0.15, -0.1) is 0 Å². The van der Waals surface area contributed by atoms with Crippen molar-refractivity contribution < 1.29 is 14.1 Å². The normalized spacial score (nSPS) is 10.4. The molecule has 0 radical (unpaired) electrons. The molecule has 0 saturated heterocycles. The molecule has 8 heteroatoms. The SMILES string of the molecule is O=C(NC(=S)Nc1cc([N+](=O)[O-])ccc1F)C(c1ccccc1)c1ccccc1. The number of amides is 1. The fourth-order valence-corrected chi connectivity index (χ4v) is 3.06. The highest BCUT2D eigenvalue weighted by Gasteiger charge is 2.23. The van der Waals surface area contributed by atoms with Crippen molar-refractivity contribution in [2.45, 2.75) is 5.92 Å². The van der Waals surface area contributed by atoms with Crippen molar-refractivity contribution in [1.29, 1.82) is 0 Å². The quantitative estimate of drug-likeness (QED) is 0.371. The summed E-state index contributed by atoms with van der Waals surface area (Å²) in [5.74, 6) is -1.77. The minimum atomic E-state index is -0.727. The number of carbonyl (C=O) groups excluding carboxylic acids is 1. The number of benzene rings is 3. The van der Waals surface area contributed by atoms with Gasteiger partial charge in [0.25, 0.3) is 5.69 Å². The molecule has 0 heterocycles. The molecule has 0 aliphatic carbocycles. The summed E-state index contributed by atoms with van der Waals surface area (Å²) in [6, 6.07) is 21.3. The van der Waals surface area contributed by atoms with Crippen molar-refractivity contribution in [2.24, 2.45) is 0 Å². The molecule has 0 bridgehead atoms. The number of halogens is 1. The number of thiocarbonyl (C=S) groups is 1. The number of hydrogen-bond donors (Lipinski definition) is 2. The average molecular weight is 409 g/mol. The Kier molecular flexibility index (Phi) is 6.25. The van der Waals surface area contributed by atoms with E-state index in [-0.39, 0.29) is 16.5 Å². The molecule has 0 saturated carbocycles. The fraction of sp³-hybridized carbons (Fsp3) is 0.0476. The van der Waals surface area contributed by atoms with Gasteiger partial charge in [-0.25, -0.2) is 4.39 Å². The first kappa shape index (κ1) is 20.1. The molecule has 0 fully saturated rings. The Labute approximate surface area is 171 Å². The lowest BCUT2D eigenvalue weighted by molar-refractivity contribution is -0.384. The summed E-state index contributed by atoms with van der Waals surface area (Å²) in [6.45, 7) is 0. The van der Waals surface area contributed by atoms with Crippen LogP contribution in [0.1, 0.15) is 17.0 Å². The number of carbonyl (C=O) groups is 1. The smallest absolute Gasteiger partial charge is 0.271 e. The number of anilines is 1. The fourth-order valence-electron chi connectivity index (χ4n) is 2.85. The summed E-state index contributed by atoms with van der Waals surface area (Å²) in [5, 5.41) is 15.8. The van der Waals surface area contributed by atoms with E-state index in [1.807, 2.05) is 60.7 Å². The summed E-state index contributed by atoms with van der Waals surface area (Å²) in [6.07, 6.45) is 0. The van der Waals surface area contributed by atoms with Crippen molar-refractivity contribution in [3.63, 3.8) is 0 Å². The summed E-state index contributed by atoms with van der Waals surface area (Å²) in [7, 11) is 0. The van der Waals surface area contributed by atoms with E-state index in [0.29, 0.717) is 0 Å². The van der Waals surface area contributed by atoms with Gasteiger partial charge in [-0.3, -0.25) is 14.9 Å². The Hall–Kier alpha value is -3.65. The van der Waals surface area contributed by atoms with Gasteiger partial charge in [0.15, 0.2) is 5.11 Å². The van der Waals surface area contributed by atoms with Gasteiger partial charge in [-0.2, -0.15) is 0 Å². The first-order chi connectivity index (χ1) is 14.0. The largest absolute Gasteiger partial charge is 0.330 e. The van der Waals surface area contributed by atoms with E-state index in [2.05, 4.69) is 10.6 Å². The molecule has 0 aromatic heterocycles. The molecule has 6 nitrogen and oxygen atoms in total. The highest BCUT2D eigenvalue weighted by Crippen LogP contribution is 2.25. The van der Waals surface area contributed by atoms with Crippen LogP contribution in [0, 0.1) is 15.9 Å². The number of rotatable bonds is 5. The molecule has 3 aromatic rings. The lowest BCUT2D eigenvalue weighted by Crippen LogP contribution is -2.38. The van der Waals surface area contributed by atoms with Crippen molar-refractivity contribution in [3.8, 4) is 0 Å². The third kappa shape index (κ3) is 4.99. The maximum absolute atomic E-state index is 14.0. The van der Waals surface area contributed by atoms with Crippen LogP contribution in [-0.2, 0) is 4.79 Å². The molecule has 2 N–H and O–H groups in total. The van der Waals surface area contributed by atoms with Gasteiger partial charge in [0, 0.05) is 12.1 Å². The number of nitro groups is 1. The number of nitrogens with zero attached hydrogens (tertiary/aromatic N) is 1. The van der Waals surface area contributed by atoms with Crippen LogP contribution in [0.2, 0.25) is 0 Å². The Morgan fingerprint density at radius 2 is 1.52 bits per heavy atom. The van der Waals surface area contributed by atoms with E-state index in [0.717, 1.165) is 29.3 Å². The Morgan fingerprint density at radius 3 is 2.03 bits per heavy atom. The minimum Gasteiger partial charge on any atom is -0.330 e. The van der Waals surface area contributed by atoms with Gasteiger partial charge in [0.05, 0.1) is 16.5 Å². The average Bonchev–Trinajstić information content (AvgIpc) is 2.71. The maximum atomic E-state index is 14.0. The third-order valence-electron chi connectivity index (χ3n) is 4.17. The second-order valence-corrected chi connectivity index (χ2v) is 6.53. The predicted octanol–water partition coefficient (Wildman–Crippen LogP) is 4.38. The molecule has 0 spiro atoms. The second-order valence-electron chi connectivity index (χ2n) is 6.12. The first-order valence-corrected chi connectivity index (χ1v) is 9.02. The second kappa shape index (κ2) is 9.03. The highest BCUT2D eigenvalue weighted by molar-refractivity contribution is 7.80. The molecule has 3 rings (SSSR count). The summed E-state index contributed by atoms with van der Waals surface area (Å²) >= 11 is 5.12. The van der Waals surface area contributed by atoms with Crippen molar-refractivity contribution >= 4 is 34.6 Å². The molecule has 0 atom stereocenters. The molecule has 0 aliphatic heterocycles. The van der Waals surface area contributed by atoms with Crippen LogP contribution in [0.25, 0.3) is 0 Å². The van der Waals surface area contributed by atoms with Crippen LogP contribution >= 0.6 is 12.2 Å². The van der Waals surface area contributed by atoms with E-state index in [1.54, 1.807) is 0 Å². The third-order valence-corrected chi connectivity index (χ3v) is 4.38. The van der Waals surface area contributed by atoms with Crippen LogP contribution in [0.15, 0.2) is 78.9 Å². The van der Waals surface area contributed by atoms with E-state index in [4.69, 9.17) is 12.2 Å². The number of nitro benzene ring substituents is 1. The molecular formula is C21H16FN3O3S. The Bertz CT molecular complexity index is 1010. The predicted molar refractivity (Wildman–Crippen MR) is 112 cm³/mol. The van der Waals surface area contributed by atoms with Crippen molar-refractivity contribution in [2.75, 3.05) is 5.32 Å². The highest BCUT2D eigenvalue weighted by atomic mass is 32.1. The molecular weight excluding hydrogens is 393 g/mol. The molecule has 0 unspecified atom stereocenters.